The Kier molecular flexibility index (Phi) is 6.53. The van der Waals surface area contributed by atoms with Gasteiger partial charge in [-0.1, -0.05) is 19.1 Å². The van der Waals surface area contributed by atoms with Crippen molar-refractivity contribution in [3.63, 3.8) is 0 Å². The van der Waals surface area contributed by atoms with Crippen LogP contribution < -0.4 is 19.7 Å². The number of ether oxygens (including phenoxy) is 2. The van der Waals surface area contributed by atoms with Gasteiger partial charge < -0.3 is 19.7 Å². The summed E-state index contributed by atoms with van der Waals surface area (Å²) in [4.78, 5) is 26.5. The van der Waals surface area contributed by atoms with Crippen LogP contribution in [0.5, 0.6) is 11.5 Å². The van der Waals surface area contributed by atoms with Gasteiger partial charge in [-0.3, -0.25) is 9.59 Å². The second-order valence-corrected chi connectivity index (χ2v) is 6.81. The molecule has 0 aliphatic carbocycles. The number of carbonyl (C=O) groups is 2. The number of hydrogen-bond acceptors (Lipinski definition) is 4. The van der Waals surface area contributed by atoms with E-state index < -0.39 is 0 Å². The molecule has 2 aromatic rings. The number of nitrogens with one attached hydrogen (secondary N) is 1. The third kappa shape index (κ3) is 4.82. The van der Waals surface area contributed by atoms with Gasteiger partial charge in [-0.25, -0.2) is 0 Å². The van der Waals surface area contributed by atoms with Gasteiger partial charge in [0.05, 0.1) is 19.6 Å². The van der Waals surface area contributed by atoms with Crippen molar-refractivity contribution in [1.29, 1.82) is 0 Å². The van der Waals surface area contributed by atoms with Gasteiger partial charge in [0.2, 0.25) is 11.8 Å². The number of rotatable bonds is 8. The maximum absolute atomic E-state index is 12.5. The van der Waals surface area contributed by atoms with Gasteiger partial charge in [-0.05, 0) is 48.4 Å². The number of methoxy groups -OCH3 is 1. The van der Waals surface area contributed by atoms with Crippen molar-refractivity contribution in [1.82, 2.24) is 5.32 Å². The summed E-state index contributed by atoms with van der Waals surface area (Å²) in [6.07, 6.45) is 1.19. The number of amides is 2. The molecule has 0 radical (unpaired) electrons. The highest BCUT2D eigenvalue weighted by molar-refractivity contribution is 6.00. The molecule has 1 saturated heterocycles. The molecule has 1 aliphatic heterocycles. The molecule has 1 unspecified atom stereocenters. The highest BCUT2D eigenvalue weighted by Gasteiger charge is 2.34. The zero-order valence-electron chi connectivity index (χ0n) is 16.3. The molecule has 1 atom stereocenters. The fourth-order valence-electron chi connectivity index (χ4n) is 3.15. The molecule has 1 heterocycles. The van der Waals surface area contributed by atoms with Gasteiger partial charge in [0.1, 0.15) is 11.5 Å². The van der Waals surface area contributed by atoms with Crippen molar-refractivity contribution in [3.05, 3.63) is 54.1 Å². The molecular weight excluding hydrogens is 356 g/mol. The Hall–Kier alpha value is -3.02. The average molecular weight is 382 g/mol. The molecule has 0 bridgehead atoms. The van der Waals surface area contributed by atoms with E-state index in [2.05, 4.69) is 12.2 Å². The Morgan fingerprint density at radius 3 is 2.43 bits per heavy atom. The second-order valence-electron chi connectivity index (χ2n) is 6.81. The van der Waals surface area contributed by atoms with E-state index >= 15 is 0 Å². The first-order valence-corrected chi connectivity index (χ1v) is 9.54. The number of anilines is 1. The first-order chi connectivity index (χ1) is 13.6. The van der Waals surface area contributed by atoms with Gasteiger partial charge in [0.15, 0.2) is 0 Å². The lowest BCUT2D eigenvalue weighted by Crippen LogP contribution is -2.32. The Balaban J connectivity index is 1.52. The van der Waals surface area contributed by atoms with Crippen LogP contribution in [-0.2, 0) is 16.1 Å². The maximum Gasteiger partial charge on any atom is 0.227 e. The van der Waals surface area contributed by atoms with Crippen LogP contribution in [-0.4, -0.2) is 32.1 Å². The normalized spacial score (nSPS) is 16.1. The molecule has 28 heavy (non-hydrogen) atoms. The van der Waals surface area contributed by atoms with Gasteiger partial charge in [0.25, 0.3) is 0 Å². The van der Waals surface area contributed by atoms with Crippen molar-refractivity contribution < 1.29 is 19.1 Å². The lowest BCUT2D eigenvalue weighted by atomic mass is 10.1. The smallest absolute Gasteiger partial charge is 0.227 e. The zero-order chi connectivity index (χ0) is 19.9. The van der Waals surface area contributed by atoms with E-state index in [9.17, 15) is 9.59 Å². The summed E-state index contributed by atoms with van der Waals surface area (Å²) in [6.45, 7) is 3.57. The van der Waals surface area contributed by atoms with E-state index in [0.717, 1.165) is 29.2 Å². The molecule has 148 valence electrons. The molecule has 0 spiro atoms. The summed E-state index contributed by atoms with van der Waals surface area (Å²) in [5.74, 6) is 1.07. The minimum atomic E-state index is -0.346. The van der Waals surface area contributed by atoms with Crippen molar-refractivity contribution >= 4 is 17.5 Å². The Morgan fingerprint density at radius 1 is 1.11 bits per heavy atom. The van der Waals surface area contributed by atoms with E-state index in [1.165, 1.54) is 0 Å². The van der Waals surface area contributed by atoms with Gasteiger partial charge in [-0.15, -0.1) is 0 Å². The monoisotopic (exact) mass is 382 g/mol. The van der Waals surface area contributed by atoms with E-state index in [4.69, 9.17) is 9.47 Å². The lowest BCUT2D eigenvalue weighted by molar-refractivity contribution is -0.126. The minimum Gasteiger partial charge on any atom is -0.497 e. The van der Waals surface area contributed by atoms with Crippen LogP contribution in [0.2, 0.25) is 0 Å². The summed E-state index contributed by atoms with van der Waals surface area (Å²) in [5.41, 5.74) is 1.78. The predicted molar refractivity (Wildman–Crippen MR) is 108 cm³/mol. The molecule has 6 heteroatoms. The number of nitrogens with zero attached hydrogens (tertiary/aromatic N) is 1. The Morgan fingerprint density at radius 2 is 1.79 bits per heavy atom. The molecule has 2 amide bonds. The van der Waals surface area contributed by atoms with Crippen LogP contribution in [0.15, 0.2) is 48.5 Å². The lowest BCUT2D eigenvalue weighted by Gasteiger charge is -2.17. The van der Waals surface area contributed by atoms with Crippen molar-refractivity contribution in [2.45, 2.75) is 26.3 Å². The Labute approximate surface area is 165 Å². The zero-order valence-corrected chi connectivity index (χ0v) is 16.3. The van der Waals surface area contributed by atoms with Crippen LogP contribution in [0.25, 0.3) is 0 Å². The number of benzene rings is 2. The maximum atomic E-state index is 12.5. The SMILES string of the molecule is CCCOc1ccc(CNC(=O)C2CC(=O)N(c3ccc(OC)cc3)C2)cc1. The second kappa shape index (κ2) is 9.26. The molecular formula is C22H26N2O4. The van der Waals surface area contributed by atoms with Crippen molar-refractivity contribution in [2.24, 2.45) is 5.92 Å². The minimum absolute atomic E-state index is 0.0391. The van der Waals surface area contributed by atoms with E-state index in [-0.39, 0.29) is 24.2 Å². The summed E-state index contributed by atoms with van der Waals surface area (Å²) < 4.78 is 10.7. The van der Waals surface area contributed by atoms with E-state index in [1.54, 1.807) is 12.0 Å². The van der Waals surface area contributed by atoms with Gasteiger partial charge >= 0.3 is 0 Å². The Bertz CT molecular complexity index is 802. The molecule has 1 fully saturated rings. The van der Waals surface area contributed by atoms with Crippen LogP contribution in [0.1, 0.15) is 25.3 Å². The van der Waals surface area contributed by atoms with Crippen LogP contribution in [0.4, 0.5) is 5.69 Å². The topological polar surface area (TPSA) is 67.9 Å². The van der Waals surface area contributed by atoms with Crippen LogP contribution >= 0.6 is 0 Å². The molecule has 0 saturated carbocycles. The van der Waals surface area contributed by atoms with E-state index in [0.29, 0.717) is 19.7 Å². The molecule has 1 aliphatic rings. The molecule has 0 aromatic heterocycles. The molecule has 3 rings (SSSR count). The number of carbonyl (C=O) groups excluding carboxylic acids is 2. The fourth-order valence-corrected chi connectivity index (χ4v) is 3.15. The largest absolute Gasteiger partial charge is 0.497 e. The third-order valence-corrected chi connectivity index (χ3v) is 4.74. The standard InChI is InChI=1S/C22H26N2O4/c1-3-12-28-20-8-4-16(5-9-20)14-23-22(26)17-13-21(25)24(15-17)18-6-10-19(27-2)11-7-18/h4-11,17H,3,12-15H2,1-2H3,(H,23,26). The van der Waals surface area contributed by atoms with Crippen LogP contribution in [0.3, 0.4) is 0 Å². The summed E-state index contributed by atoms with van der Waals surface area (Å²) in [5, 5.41) is 2.94. The first kappa shape index (κ1) is 19.7. The highest BCUT2D eigenvalue weighted by atomic mass is 16.5. The third-order valence-electron chi connectivity index (χ3n) is 4.74. The predicted octanol–water partition coefficient (Wildman–Crippen LogP) is 3.15. The summed E-state index contributed by atoms with van der Waals surface area (Å²) >= 11 is 0. The number of hydrogen-bond donors (Lipinski definition) is 1. The average Bonchev–Trinajstić information content (AvgIpc) is 3.13. The molecule has 1 N–H and O–H groups in total. The molecule has 6 nitrogen and oxygen atoms in total. The van der Waals surface area contributed by atoms with Crippen molar-refractivity contribution in [3.8, 4) is 11.5 Å². The quantitative estimate of drug-likeness (QED) is 0.762. The first-order valence-electron chi connectivity index (χ1n) is 9.54. The van der Waals surface area contributed by atoms with Crippen LogP contribution in [0, 0.1) is 5.92 Å². The fraction of sp³-hybridized carbons (Fsp3) is 0.364. The van der Waals surface area contributed by atoms with Gasteiger partial charge in [-0.2, -0.15) is 0 Å². The highest BCUT2D eigenvalue weighted by Crippen LogP contribution is 2.27. The van der Waals surface area contributed by atoms with Gasteiger partial charge in [0, 0.05) is 25.2 Å². The summed E-state index contributed by atoms with van der Waals surface area (Å²) in [7, 11) is 1.60. The van der Waals surface area contributed by atoms with E-state index in [1.807, 2.05) is 48.5 Å². The molecule has 2 aromatic carbocycles. The summed E-state index contributed by atoms with van der Waals surface area (Å²) in [6, 6.07) is 15.0. The van der Waals surface area contributed by atoms with Crippen molar-refractivity contribution in [2.75, 3.05) is 25.2 Å².